The van der Waals surface area contributed by atoms with Gasteiger partial charge in [0.1, 0.15) is 10.7 Å². The first-order valence-electron chi connectivity index (χ1n) is 8.54. The van der Waals surface area contributed by atoms with Gasteiger partial charge in [0.25, 0.3) is 6.43 Å². The number of sulfone groups is 1. The molecule has 0 atom stereocenters. The van der Waals surface area contributed by atoms with Crippen LogP contribution in [0.5, 0.6) is 0 Å². The summed E-state index contributed by atoms with van der Waals surface area (Å²) < 4.78 is 61.2. The van der Waals surface area contributed by atoms with E-state index in [0.717, 1.165) is 29.7 Å². The summed E-state index contributed by atoms with van der Waals surface area (Å²) in [6.45, 7) is 0.818. The van der Waals surface area contributed by atoms with Crippen molar-refractivity contribution in [3.05, 3.63) is 29.7 Å². The average molecular weight is 464 g/mol. The number of thiazole rings is 1. The number of anilines is 1. The molecule has 30 heavy (non-hydrogen) atoms. The summed E-state index contributed by atoms with van der Waals surface area (Å²) in [5, 5.41) is 7.07. The molecule has 2 aromatic rings. The van der Waals surface area contributed by atoms with Crippen LogP contribution >= 0.6 is 11.3 Å². The first-order valence-corrected chi connectivity index (χ1v) is 11.2. The van der Waals surface area contributed by atoms with Gasteiger partial charge in [-0.1, -0.05) is 17.4 Å². The number of urea groups is 1. The number of hydrogen-bond donors (Lipinski definition) is 3. The number of carbonyl (C=O) groups is 2. The van der Waals surface area contributed by atoms with E-state index in [9.17, 15) is 31.2 Å². The van der Waals surface area contributed by atoms with Crippen LogP contribution in [0.2, 0.25) is 0 Å². The largest absolute Gasteiger partial charge is 0.350 e. The summed E-state index contributed by atoms with van der Waals surface area (Å²) in [6.07, 6.45) is -1.91. The predicted octanol–water partition coefficient (Wildman–Crippen LogP) is 2.55. The fraction of sp³-hybridized carbons (Fsp3) is 0.353. The number of halogens is 3. The fourth-order valence-corrected chi connectivity index (χ4v) is 4.06. The van der Waals surface area contributed by atoms with E-state index in [1.54, 1.807) is 6.92 Å². The molecule has 1 heterocycles. The zero-order valence-corrected chi connectivity index (χ0v) is 17.6. The normalized spacial score (nSPS) is 11.4. The molecule has 2 rings (SSSR count). The molecule has 8 nitrogen and oxygen atoms in total. The molecule has 3 amide bonds. The molecule has 3 N–H and O–H groups in total. The van der Waals surface area contributed by atoms with Crippen LogP contribution in [0.3, 0.4) is 0 Å². The molecule has 1 aromatic heterocycles. The number of aromatic nitrogens is 1. The van der Waals surface area contributed by atoms with Gasteiger partial charge >= 0.3 is 6.03 Å². The lowest BCUT2D eigenvalue weighted by atomic mass is 10.1. The molecule has 0 saturated heterocycles. The van der Waals surface area contributed by atoms with Gasteiger partial charge in [0.2, 0.25) is 5.91 Å². The van der Waals surface area contributed by atoms with Crippen LogP contribution in [0.15, 0.2) is 23.1 Å². The van der Waals surface area contributed by atoms with Crippen LogP contribution in [0.25, 0.3) is 10.4 Å². The van der Waals surface area contributed by atoms with Gasteiger partial charge in [-0.3, -0.25) is 10.1 Å². The molecule has 0 bridgehead atoms. The van der Waals surface area contributed by atoms with Gasteiger partial charge < -0.3 is 10.6 Å². The molecule has 0 radical (unpaired) electrons. The summed E-state index contributed by atoms with van der Waals surface area (Å²) >= 11 is 1.05. The molecule has 0 aliphatic carbocycles. The number of rotatable bonds is 8. The van der Waals surface area contributed by atoms with Gasteiger partial charge in [-0.05, 0) is 24.6 Å². The molecule has 164 valence electrons. The predicted molar refractivity (Wildman–Crippen MR) is 106 cm³/mol. The summed E-state index contributed by atoms with van der Waals surface area (Å²) in [6, 6.07) is 3.04. The zero-order chi connectivity index (χ0) is 22.5. The first kappa shape index (κ1) is 23.6. The Balaban J connectivity index is 1.97. The third-order valence-electron chi connectivity index (χ3n) is 3.70. The first-order chi connectivity index (χ1) is 14.0. The van der Waals surface area contributed by atoms with Gasteiger partial charge in [-0.2, -0.15) is 0 Å². The molecule has 0 spiro atoms. The standard InChI is InChI=1S/C17H19F3N4O4S2/c1-9-15(10-3-4-12(11(18)7-10)30(2,27)28)29-17(23-9)24-16(26)21-6-5-14(25)22-8-13(19)20/h3-4,7,13H,5-6,8H2,1-2H3,(H,22,25)(H2,21,23,24,26). The van der Waals surface area contributed by atoms with Crippen LogP contribution in [0.1, 0.15) is 12.1 Å². The molecule has 0 fully saturated rings. The van der Waals surface area contributed by atoms with Crippen molar-refractivity contribution in [2.45, 2.75) is 24.7 Å². The van der Waals surface area contributed by atoms with Crippen LogP contribution < -0.4 is 16.0 Å². The Bertz CT molecular complexity index is 1040. The highest BCUT2D eigenvalue weighted by Crippen LogP contribution is 2.34. The van der Waals surface area contributed by atoms with E-state index in [4.69, 9.17) is 0 Å². The summed E-state index contributed by atoms with van der Waals surface area (Å²) in [5.41, 5.74) is 0.896. The van der Waals surface area contributed by atoms with Crippen molar-refractivity contribution in [1.29, 1.82) is 0 Å². The lowest BCUT2D eigenvalue weighted by molar-refractivity contribution is -0.121. The van der Waals surface area contributed by atoms with Crippen molar-refractivity contribution < 1.29 is 31.2 Å². The highest BCUT2D eigenvalue weighted by molar-refractivity contribution is 7.90. The Morgan fingerprint density at radius 2 is 1.93 bits per heavy atom. The van der Waals surface area contributed by atoms with Crippen molar-refractivity contribution in [2.24, 2.45) is 0 Å². The number of amides is 3. The van der Waals surface area contributed by atoms with Gasteiger partial charge in [-0.25, -0.2) is 31.4 Å². The lowest BCUT2D eigenvalue weighted by Crippen LogP contribution is -2.34. The van der Waals surface area contributed by atoms with Gasteiger partial charge in [0.15, 0.2) is 15.0 Å². The molecule has 0 aliphatic heterocycles. The second-order valence-corrected chi connectivity index (χ2v) is 9.16. The van der Waals surface area contributed by atoms with E-state index in [1.807, 2.05) is 5.32 Å². The molecule has 0 saturated carbocycles. The Labute approximate surface area is 174 Å². The van der Waals surface area contributed by atoms with Crippen LogP contribution in [-0.2, 0) is 14.6 Å². The third kappa shape index (κ3) is 6.69. The summed E-state index contributed by atoms with van der Waals surface area (Å²) in [5.74, 6) is -1.51. The number of carbonyl (C=O) groups excluding carboxylic acids is 2. The minimum absolute atomic E-state index is 0.0731. The number of hydrogen-bond acceptors (Lipinski definition) is 6. The minimum atomic E-state index is -3.69. The molecule has 0 aliphatic rings. The topological polar surface area (TPSA) is 117 Å². The van der Waals surface area contributed by atoms with E-state index < -0.39 is 45.5 Å². The monoisotopic (exact) mass is 464 g/mol. The van der Waals surface area contributed by atoms with Crippen molar-refractivity contribution in [3.8, 4) is 10.4 Å². The lowest BCUT2D eigenvalue weighted by Gasteiger charge is -2.06. The highest BCUT2D eigenvalue weighted by Gasteiger charge is 2.17. The summed E-state index contributed by atoms with van der Waals surface area (Å²) in [4.78, 5) is 27.5. The van der Waals surface area contributed by atoms with E-state index in [1.165, 1.54) is 6.07 Å². The maximum Gasteiger partial charge on any atom is 0.321 e. The van der Waals surface area contributed by atoms with Gasteiger partial charge in [0.05, 0.1) is 17.1 Å². The highest BCUT2D eigenvalue weighted by atomic mass is 32.2. The number of nitrogens with one attached hydrogen (secondary N) is 3. The number of alkyl halides is 2. The maximum atomic E-state index is 14.1. The minimum Gasteiger partial charge on any atom is -0.350 e. The van der Waals surface area contributed by atoms with Gasteiger partial charge in [-0.15, -0.1) is 0 Å². The van der Waals surface area contributed by atoms with Crippen LogP contribution in [-0.4, -0.2) is 51.1 Å². The zero-order valence-electron chi connectivity index (χ0n) is 16.0. The quantitative estimate of drug-likeness (QED) is 0.555. The van der Waals surface area contributed by atoms with E-state index in [0.29, 0.717) is 16.1 Å². The van der Waals surface area contributed by atoms with Crippen LogP contribution in [0, 0.1) is 12.7 Å². The van der Waals surface area contributed by atoms with Crippen molar-refractivity contribution >= 4 is 38.2 Å². The van der Waals surface area contributed by atoms with Crippen molar-refractivity contribution in [3.63, 3.8) is 0 Å². The Kier molecular flexibility index (Phi) is 7.78. The van der Waals surface area contributed by atoms with Gasteiger partial charge in [0, 0.05) is 19.2 Å². The van der Waals surface area contributed by atoms with E-state index >= 15 is 0 Å². The van der Waals surface area contributed by atoms with E-state index in [-0.39, 0.29) is 18.1 Å². The molecule has 13 heteroatoms. The second-order valence-electron chi connectivity index (χ2n) is 6.18. The Morgan fingerprint density at radius 1 is 1.23 bits per heavy atom. The fourth-order valence-electron chi connectivity index (χ4n) is 2.37. The Hall–Kier alpha value is -2.67. The smallest absolute Gasteiger partial charge is 0.321 e. The van der Waals surface area contributed by atoms with E-state index in [2.05, 4.69) is 15.6 Å². The molecular formula is C17H19F3N4O4S2. The SMILES string of the molecule is Cc1nc(NC(=O)NCCC(=O)NCC(F)F)sc1-c1ccc(S(C)(=O)=O)c(F)c1. The van der Waals surface area contributed by atoms with Crippen molar-refractivity contribution in [2.75, 3.05) is 24.7 Å². The van der Waals surface area contributed by atoms with Crippen molar-refractivity contribution in [1.82, 2.24) is 15.6 Å². The second kappa shape index (κ2) is 9.89. The number of aryl methyl sites for hydroxylation is 1. The summed E-state index contributed by atoms with van der Waals surface area (Å²) in [7, 11) is -3.69. The third-order valence-corrected chi connectivity index (χ3v) is 5.95. The van der Waals surface area contributed by atoms with Crippen LogP contribution in [0.4, 0.5) is 23.1 Å². The maximum absolute atomic E-state index is 14.1. The number of nitrogens with zero attached hydrogens (tertiary/aromatic N) is 1. The average Bonchev–Trinajstić information content (AvgIpc) is 2.98. The number of benzene rings is 1. The Morgan fingerprint density at radius 3 is 2.53 bits per heavy atom. The molecule has 1 aromatic carbocycles. The molecular weight excluding hydrogens is 445 g/mol. The molecule has 0 unspecified atom stereocenters.